The molecule has 2 aromatic heterocycles. The number of anilines is 2. The zero-order chi connectivity index (χ0) is 22.1. The number of carboxylic acids is 1. The molecule has 1 saturated carbocycles. The third-order valence-corrected chi connectivity index (χ3v) is 6.51. The van der Waals surface area contributed by atoms with Crippen LogP contribution >= 0.6 is 0 Å². The number of rotatable bonds is 6. The quantitative estimate of drug-likeness (QED) is 0.370. The largest absolute Gasteiger partial charge is 0.478 e. The summed E-state index contributed by atoms with van der Waals surface area (Å²) in [5.41, 5.74) is 5.45. The van der Waals surface area contributed by atoms with Gasteiger partial charge in [0, 0.05) is 35.0 Å². The van der Waals surface area contributed by atoms with E-state index in [-0.39, 0.29) is 5.56 Å². The minimum atomic E-state index is -0.950. The second-order valence-corrected chi connectivity index (χ2v) is 8.67. The highest BCUT2D eigenvalue weighted by atomic mass is 16.4. The lowest BCUT2D eigenvalue weighted by Crippen LogP contribution is -2.09. The second-order valence-electron chi connectivity index (χ2n) is 8.67. The van der Waals surface area contributed by atoms with Crippen LogP contribution in [-0.2, 0) is 6.54 Å². The Bertz CT molecular complexity index is 1270. The highest BCUT2D eigenvalue weighted by molar-refractivity contribution is 5.95. The maximum atomic E-state index is 12.0. The van der Waals surface area contributed by atoms with Crippen LogP contribution in [0.2, 0.25) is 0 Å². The van der Waals surface area contributed by atoms with Gasteiger partial charge in [0.15, 0.2) is 0 Å². The third kappa shape index (κ3) is 3.98. The lowest BCUT2D eigenvalue weighted by Gasteiger charge is -2.17. The van der Waals surface area contributed by atoms with Gasteiger partial charge in [-0.25, -0.2) is 9.78 Å². The standard InChI is InChI=1S/C27H27N3O2/c1-18-23(20-9-5-6-10-20)16-24(27(31)32)26(28-18)29-22-11-12-25-21(15-22)13-14-30(25)17-19-7-3-2-4-8-19/h2-4,7-8,11-16,20H,5-6,9-10,17H2,1H3,(H,28,29)(H,31,32). The zero-order valence-corrected chi connectivity index (χ0v) is 18.2. The molecule has 1 fully saturated rings. The van der Waals surface area contributed by atoms with Crippen molar-refractivity contribution in [1.82, 2.24) is 9.55 Å². The van der Waals surface area contributed by atoms with Crippen LogP contribution in [-0.4, -0.2) is 20.6 Å². The van der Waals surface area contributed by atoms with Crippen molar-refractivity contribution in [1.29, 1.82) is 0 Å². The number of hydrogen-bond donors (Lipinski definition) is 2. The fourth-order valence-electron chi connectivity index (χ4n) is 4.86. The average Bonchev–Trinajstić information content (AvgIpc) is 3.45. The van der Waals surface area contributed by atoms with E-state index >= 15 is 0 Å². The number of pyridine rings is 1. The van der Waals surface area contributed by atoms with E-state index in [1.165, 1.54) is 18.4 Å². The van der Waals surface area contributed by atoms with Crippen LogP contribution in [0.4, 0.5) is 11.5 Å². The zero-order valence-electron chi connectivity index (χ0n) is 18.2. The van der Waals surface area contributed by atoms with Crippen LogP contribution in [0.1, 0.15) is 58.8 Å². The number of benzene rings is 2. The van der Waals surface area contributed by atoms with E-state index in [4.69, 9.17) is 0 Å². The number of aryl methyl sites for hydroxylation is 1. The van der Waals surface area contributed by atoms with Crippen LogP contribution in [0.15, 0.2) is 66.9 Å². The number of aromatic nitrogens is 2. The highest BCUT2D eigenvalue weighted by Gasteiger charge is 2.23. The number of carboxylic acid groups (broad SMARTS) is 1. The number of nitrogens with one attached hydrogen (secondary N) is 1. The fraction of sp³-hybridized carbons (Fsp3) is 0.259. The molecular weight excluding hydrogens is 398 g/mol. The van der Waals surface area contributed by atoms with Gasteiger partial charge in [-0.15, -0.1) is 0 Å². The van der Waals surface area contributed by atoms with Crippen molar-refractivity contribution < 1.29 is 9.90 Å². The number of fused-ring (bicyclic) bond motifs is 1. The Kier molecular flexibility index (Phi) is 5.39. The van der Waals surface area contributed by atoms with E-state index in [9.17, 15) is 9.90 Å². The van der Waals surface area contributed by atoms with E-state index in [0.29, 0.717) is 11.7 Å². The van der Waals surface area contributed by atoms with Crippen molar-refractivity contribution in [3.63, 3.8) is 0 Å². The molecular formula is C27H27N3O2. The molecule has 0 atom stereocenters. The lowest BCUT2D eigenvalue weighted by atomic mass is 9.95. The molecule has 162 valence electrons. The molecule has 0 radical (unpaired) electrons. The summed E-state index contributed by atoms with van der Waals surface area (Å²) in [5, 5.41) is 14.2. The van der Waals surface area contributed by atoms with Gasteiger partial charge in [-0.1, -0.05) is 43.2 Å². The molecule has 5 rings (SSSR count). The van der Waals surface area contributed by atoms with Crippen LogP contribution < -0.4 is 5.32 Å². The van der Waals surface area contributed by atoms with Crippen molar-refractivity contribution >= 4 is 28.4 Å². The maximum absolute atomic E-state index is 12.0. The van der Waals surface area contributed by atoms with Gasteiger partial charge >= 0.3 is 5.97 Å². The molecule has 0 amide bonds. The van der Waals surface area contributed by atoms with Crippen molar-refractivity contribution in [2.45, 2.75) is 45.1 Å². The molecule has 0 saturated heterocycles. The van der Waals surface area contributed by atoms with E-state index in [1.54, 1.807) is 0 Å². The molecule has 1 aliphatic rings. The number of carbonyl (C=O) groups is 1. The van der Waals surface area contributed by atoms with E-state index in [0.717, 1.165) is 47.2 Å². The fourth-order valence-corrected chi connectivity index (χ4v) is 4.86. The van der Waals surface area contributed by atoms with Gasteiger partial charge < -0.3 is 15.0 Å². The van der Waals surface area contributed by atoms with Gasteiger partial charge in [0.25, 0.3) is 0 Å². The number of nitrogens with zero attached hydrogens (tertiary/aromatic N) is 2. The molecule has 2 aromatic carbocycles. The third-order valence-electron chi connectivity index (χ3n) is 6.51. The Morgan fingerprint density at radius 2 is 1.88 bits per heavy atom. The summed E-state index contributed by atoms with van der Waals surface area (Å²) in [7, 11) is 0. The monoisotopic (exact) mass is 425 g/mol. The van der Waals surface area contributed by atoms with Gasteiger partial charge in [-0.3, -0.25) is 0 Å². The Labute approximate surface area is 187 Å². The summed E-state index contributed by atoms with van der Waals surface area (Å²) in [6.45, 7) is 2.79. The normalized spacial score (nSPS) is 14.2. The van der Waals surface area contributed by atoms with Crippen LogP contribution in [0.5, 0.6) is 0 Å². The molecule has 5 heteroatoms. The Balaban J connectivity index is 1.44. The predicted octanol–water partition coefficient (Wildman–Crippen LogP) is 6.49. The van der Waals surface area contributed by atoms with Gasteiger partial charge in [0.05, 0.1) is 0 Å². The molecule has 0 bridgehead atoms. The minimum absolute atomic E-state index is 0.235. The summed E-state index contributed by atoms with van der Waals surface area (Å²) in [5.74, 6) is -0.121. The van der Waals surface area contributed by atoms with Crippen LogP contribution in [0.25, 0.3) is 10.9 Å². The smallest absolute Gasteiger partial charge is 0.339 e. The van der Waals surface area contributed by atoms with Gasteiger partial charge in [0.1, 0.15) is 11.4 Å². The average molecular weight is 426 g/mol. The van der Waals surface area contributed by atoms with Gasteiger partial charge in [-0.2, -0.15) is 0 Å². The Morgan fingerprint density at radius 3 is 2.62 bits per heavy atom. The first-order chi connectivity index (χ1) is 15.6. The number of hydrogen-bond acceptors (Lipinski definition) is 3. The van der Waals surface area contributed by atoms with Crippen molar-refractivity contribution in [2.24, 2.45) is 0 Å². The Hall–Kier alpha value is -3.60. The molecule has 4 aromatic rings. The minimum Gasteiger partial charge on any atom is -0.478 e. The van der Waals surface area contributed by atoms with Gasteiger partial charge in [-0.05, 0) is 67.1 Å². The second kappa shape index (κ2) is 8.50. The first kappa shape index (κ1) is 20.3. The van der Waals surface area contributed by atoms with Crippen molar-refractivity contribution in [3.05, 3.63) is 89.2 Å². The first-order valence-electron chi connectivity index (χ1n) is 11.2. The molecule has 1 aliphatic carbocycles. The predicted molar refractivity (Wildman–Crippen MR) is 128 cm³/mol. The molecule has 0 unspecified atom stereocenters. The SMILES string of the molecule is Cc1nc(Nc2ccc3c(ccn3Cc3ccccc3)c2)c(C(=O)O)cc1C1CCCC1. The van der Waals surface area contributed by atoms with Crippen LogP contribution in [0.3, 0.4) is 0 Å². The molecule has 32 heavy (non-hydrogen) atoms. The highest BCUT2D eigenvalue weighted by Crippen LogP contribution is 2.37. The first-order valence-corrected chi connectivity index (χ1v) is 11.2. The van der Waals surface area contributed by atoms with Crippen molar-refractivity contribution in [3.8, 4) is 0 Å². The van der Waals surface area contributed by atoms with E-state index < -0.39 is 5.97 Å². The van der Waals surface area contributed by atoms with E-state index in [1.807, 2.05) is 31.2 Å². The lowest BCUT2D eigenvalue weighted by molar-refractivity contribution is 0.0697. The summed E-state index contributed by atoms with van der Waals surface area (Å²) >= 11 is 0. The molecule has 2 N–H and O–H groups in total. The Morgan fingerprint density at radius 1 is 1.09 bits per heavy atom. The number of aromatic carboxylic acids is 1. The molecule has 0 spiro atoms. The summed E-state index contributed by atoms with van der Waals surface area (Å²) in [6, 6.07) is 20.4. The molecule has 0 aliphatic heterocycles. The van der Waals surface area contributed by atoms with E-state index in [2.05, 4.69) is 57.5 Å². The molecule has 5 nitrogen and oxygen atoms in total. The molecule has 2 heterocycles. The summed E-state index contributed by atoms with van der Waals surface area (Å²) in [6.07, 6.45) is 6.73. The topological polar surface area (TPSA) is 67.2 Å². The summed E-state index contributed by atoms with van der Waals surface area (Å²) < 4.78 is 2.22. The maximum Gasteiger partial charge on any atom is 0.339 e. The van der Waals surface area contributed by atoms with Crippen LogP contribution in [0, 0.1) is 6.92 Å². The summed E-state index contributed by atoms with van der Waals surface area (Å²) in [4.78, 5) is 16.7. The van der Waals surface area contributed by atoms with Gasteiger partial charge in [0.2, 0.25) is 0 Å². The van der Waals surface area contributed by atoms with Crippen molar-refractivity contribution in [2.75, 3.05) is 5.32 Å².